The van der Waals surface area contributed by atoms with E-state index in [1.807, 2.05) is 48.7 Å². The van der Waals surface area contributed by atoms with Crippen LogP contribution >= 0.6 is 0 Å². The van der Waals surface area contributed by atoms with Crippen molar-refractivity contribution in [2.24, 2.45) is 7.05 Å². The van der Waals surface area contributed by atoms with Crippen molar-refractivity contribution >= 4 is 5.91 Å². The van der Waals surface area contributed by atoms with E-state index in [0.29, 0.717) is 5.69 Å². The van der Waals surface area contributed by atoms with E-state index in [0.717, 1.165) is 47.8 Å². The topological polar surface area (TPSA) is 80.0 Å². The standard InChI is InChI=1S/C18H21N5O2/c1-11-17(12(2)22(3)21-11)13-10-14(20-19-13)18(24)23-8-4-6-15(23)16-7-5-9-25-16/h5,7,9-10,15H,4,6,8H2,1-3H3,(H,19,20). The lowest BCUT2D eigenvalue weighted by Crippen LogP contribution is -2.30. The monoisotopic (exact) mass is 339 g/mol. The van der Waals surface area contributed by atoms with Crippen molar-refractivity contribution < 1.29 is 9.21 Å². The minimum absolute atomic E-state index is 0.00360. The molecule has 1 atom stereocenters. The Morgan fingerprint density at radius 1 is 1.40 bits per heavy atom. The number of aromatic nitrogens is 4. The van der Waals surface area contributed by atoms with Crippen LogP contribution in [0.25, 0.3) is 11.3 Å². The lowest BCUT2D eigenvalue weighted by Gasteiger charge is -2.22. The summed E-state index contributed by atoms with van der Waals surface area (Å²) in [6.07, 6.45) is 3.54. The molecule has 1 fully saturated rings. The molecule has 0 aromatic carbocycles. The molecule has 1 saturated heterocycles. The van der Waals surface area contributed by atoms with Crippen LogP contribution in [-0.4, -0.2) is 37.3 Å². The number of aromatic amines is 1. The Bertz CT molecular complexity index is 906. The van der Waals surface area contributed by atoms with Gasteiger partial charge in [-0.25, -0.2) is 0 Å². The first kappa shape index (κ1) is 15.7. The zero-order chi connectivity index (χ0) is 17.6. The van der Waals surface area contributed by atoms with Crippen molar-refractivity contribution in [1.29, 1.82) is 0 Å². The highest BCUT2D eigenvalue weighted by molar-refractivity contribution is 5.94. The van der Waals surface area contributed by atoms with Crippen molar-refractivity contribution in [3.63, 3.8) is 0 Å². The van der Waals surface area contributed by atoms with Gasteiger partial charge in [-0.15, -0.1) is 0 Å². The summed E-state index contributed by atoms with van der Waals surface area (Å²) in [5.41, 5.74) is 4.15. The van der Waals surface area contributed by atoms with Crippen LogP contribution < -0.4 is 0 Å². The van der Waals surface area contributed by atoms with Gasteiger partial charge in [-0.3, -0.25) is 14.6 Å². The molecular formula is C18H21N5O2. The Balaban J connectivity index is 1.62. The third-order valence-electron chi connectivity index (χ3n) is 4.96. The summed E-state index contributed by atoms with van der Waals surface area (Å²) in [6, 6.07) is 5.60. The molecule has 7 nitrogen and oxygen atoms in total. The van der Waals surface area contributed by atoms with E-state index in [1.165, 1.54) is 0 Å². The van der Waals surface area contributed by atoms with Gasteiger partial charge in [0.15, 0.2) is 0 Å². The van der Waals surface area contributed by atoms with Crippen LogP contribution in [0.3, 0.4) is 0 Å². The molecule has 4 rings (SSSR count). The first-order chi connectivity index (χ1) is 12.1. The van der Waals surface area contributed by atoms with E-state index in [1.54, 1.807) is 6.26 Å². The zero-order valence-corrected chi connectivity index (χ0v) is 14.6. The van der Waals surface area contributed by atoms with Crippen LogP contribution in [0.2, 0.25) is 0 Å². The van der Waals surface area contributed by atoms with Crippen LogP contribution in [0, 0.1) is 13.8 Å². The number of H-pyrrole nitrogens is 1. The maximum atomic E-state index is 13.0. The molecule has 3 aromatic heterocycles. The maximum absolute atomic E-state index is 13.0. The molecule has 0 saturated carbocycles. The van der Waals surface area contributed by atoms with Gasteiger partial charge in [0.25, 0.3) is 5.91 Å². The summed E-state index contributed by atoms with van der Waals surface area (Å²) < 4.78 is 7.34. The summed E-state index contributed by atoms with van der Waals surface area (Å²) >= 11 is 0. The number of carbonyl (C=O) groups excluding carboxylic acids is 1. The van der Waals surface area contributed by atoms with Crippen molar-refractivity contribution in [3.05, 3.63) is 47.3 Å². The fourth-order valence-electron chi connectivity index (χ4n) is 3.64. The molecule has 0 aliphatic carbocycles. The predicted octanol–water partition coefficient (Wildman–Crippen LogP) is 3.00. The number of carbonyl (C=O) groups is 1. The second-order valence-corrected chi connectivity index (χ2v) is 6.51. The molecule has 0 bridgehead atoms. The number of nitrogens with zero attached hydrogens (tertiary/aromatic N) is 4. The van der Waals surface area contributed by atoms with E-state index in [4.69, 9.17) is 4.42 Å². The van der Waals surface area contributed by atoms with E-state index in [9.17, 15) is 4.79 Å². The molecule has 0 spiro atoms. The SMILES string of the molecule is Cc1nn(C)c(C)c1-c1cc(C(=O)N2CCCC2c2ccco2)[nH]n1. The molecule has 0 radical (unpaired) electrons. The molecular weight excluding hydrogens is 318 g/mol. The van der Waals surface area contributed by atoms with Gasteiger partial charge in [0.1, 0.15) is 11.5 Å². The molecule has 1 aliphatic rings. The van der Waals surface area contributed by atoms with Crippen molar-refractivity contribution in [3.8, 4) is 11.3 Å². The Hall–Kier alpha value is -2.83. The van der Waals surface area contributed by atoms with Gasteiger partial charge < -0.3 is 9.32 Å². The van der Waals surface area contributed by atoms with Gasteiger partial charge in [0, 0.05) is 24.8 Å². The van der Waals surface area contributed by atoms with Crippen molar-refractivity contribution in [1.82, 2.24) is 24.9 Å². The summed E-state index contributed by atoms with van der Waals surface area (Å²) in [6.45, 7) is 4.67. The maximum Gasteiger partial charge on any atom is 0.272 e. The Morgan fingerprint density at radius 2 is 2.24 bits per heavy atom. The number of rotatable bonds is 3. The smallest absolute Gasteiger partial charge is 0.272 e. The summed E-state index contributed by atoms with van der Waals surface area (Å²) in [5.74, 6) is 0.793. The number of aryl methyl sites for hydroxylation is 2. The highest BCUT2D eigenvalue weighted by Gasteiger charge is 2.33. The van der Waals surface area contributed by atoms with Crippen LogP contribution in [0.5, 0.6) is 0 Å². The first-order valence-corrected chi connectivity index (χ1v) is 8.46. The van der Waals surface area contributed by atoms with Gasteiger partial charge >= 0.3 is 0 Å². The number of nitrogens with one attached hydrogen (secondary N) is 1. The fourth-order valence-corrected chi connectivity index (χ4v) is 3.64. The molecule has 25 heavy (non-hydrogen) atoms. The Morgan fingerprint density at radius 3 is 2.92 bits per heavy atom. The van der Waals surface area contributed by atoms with E-state index in [-0.39, 0.29) is 11.9 Å². The summed E-state index contributed by atoms with van der Waals surface area (Å²) in [7, 11) is 1.91. The molecule has 1 aliphatic heterocycles. The number of likely N-dealkylation sites (tertiary alicyclic amines) is 1. The third kappa shape index (κ3) is 2.56. The lowest BCUT2D eigenvalue weighted by molar-refractivity contribution is 0.0714. The Labute approximate surface area is 145 Å². The Kier molecular flexibility index (Phi) is 3.71. The molecule has 4 heterocycles. The van der Waals surface area contributed by atoms with Crippen molar-refractivity contribution in [2.75, 3.05) is 6.54 Å². The van der Waals surface area contributed by atoms with E-state index >= 15 is 0 Å². The van der Waals surface area contributed by atoms with Crippen LogP contribution in [0.4, 0.5) is 0 Å². The second-order valence-electron chi connectivity index (χ2n) is 6.51. The predicted molar refractivity (Wildman–Crippen MR) is 92.0 cm³/mol. The van der Waals surface area contributed by atoms with Gasteiger partial charge in [0.05, 0.1) is 23.7 Å². The van der Waals surface area contributed by atoms with Crippen LogP contribution in [-0.2, 0) is 7.05 Å². The highest BCUT2D eigenvalue weighted by Crippen LogP contribution is 2.33. The minimum Gasteiger partial charge on any atom is -0.467 e. The molecule has 130 valence electrons. The second kappa shape index (κ2) is 5.91. The zero-order valence-electron chi connectivity index (χ0n) is 14.6. The highest BCUT2D eigenvalue weighted by atomic mass is 16.3. The van der Waals surface area contributed by atoms with Crippen LogP contribution in [0.15, 0.2) is 28.9 Å². The normalized spacial score (nSPS) is 17.4. The van der Waals surface area contributed by atoms with Gasteiger partial charge in [-0.1, -0.05) is 0 Å². The first-order valence-electron chi connectivity index (χ1n) is 8.46. The number of hydrogen-bond donors (Lipinski definition) is 1. The fraction of sp³-hybridized carbons (Fsp3) is 0.389. The average Bonchev–Trinajstić information content (AvgIpc) is 3.34. The molecule has 3 aromatic rings. The van der Waals surface area contributed by atoms with Crippen LogP contribution in [0.1, 0.15) is 46.5 Å². The lowest BCUT2D eigenvalue weighted by atomic mass is 10.1. The van der Waals surface area contributed by atoms with Gasteiger partial charge in [-0.2, -0.15) is 10.2 Å². The van der Waals surface area contributed by atoms with E-state index in [2.05, 4.69) is 15.3 Å². The minimum atomic E-state index is -0.0446. The molecule has 1 unspecified atom stereocenters. The average molecular weight is 339 g/mol. The molecule has 1 N–H and O–H groups in total. The van der Waals surface area contributed by atoms with Gasteiger partial charge in [-0.05, 0) is 44.9 Å². The summed E-state index contributed by atoms with van der Waals surface area (Å²) in [5, 5.41) is 11.7. The van der Waals surface area contributed by atoms with E-state index < -0.39 is 0 Å². The molecule has 7 heteroatoms. The number of hydrogen-bond acceptors (Lipinski definition) is 4. The summed E-state index contributed by atoms with van der Waals surface area (Å²) in [4.78, 5) is 14.8. The number of amides is 1. The van der Waals surface area contributed by atoms with Crippen molar-refractivity contribution in [2.45, 2.75) is 32.7 Å². The number of furan rings is 1. The molecule has 1 amide bonds. The third-order valence-corrected chi connectivity index (χ3v) is 4.96. The largest absolute Gasteiger partial charge is 0.467 e. The quantitative estimate of drug-likeness (QED) is 0.795. The van der Waals surface area contributed by atoms with Gasteiger partial charge in [0.2, 0.25) is 0 Å².